The maximum Gasteiger partial charge on any atom is 0.238 e. The van der Waals surface area contributed by atoms with Crippen LogP contribution in [0.2, 0.25) is 0 Å². The molecule has 1 aliphatic heterocycles. The van der Waals surface area contributed by atoms with Crippen LogP contribution < -0.4 is 5.73 Å². The number of likely N-dealkylation sites (tertiary alicyclic amines) is 1. The topological polar surface area (TPSA) is 63.4 Å². The zero-order valence-electron chi connectivity index (χ0n) is 10.1. The molecular formula is C11H22N2O2S. The standard InChI is InChI=1S/C11H22N2O2S/c1-9(12)8-16(15)10(2)11(14)13-6-4-3-5-7-13/h9-10H,3-8,12H2,1-2H3. The summed E-state index contributed by atoms with van der Waals surface area (Å²) in [6.07, 6.45) is 3.33. The van der Waals surface area contributed by atoms with E-state index in [1.165, 1.54) is 6.42 Å². The van der Waals surface area contributed by atoms with E-state index in [9.17, 15) is 9.00 Å². The summed E-state index contributed by atoms with van der Waals surface area (Å²) in [5.41, 5.74) is 5.59. The normalized spacial score (nSPS) is 22.6. The van der Waals surface area contributed by atoms with Gasteiger partial charge in [-0.2, -0.15) is 0 Å². The van der Waals surface area contributed by atoms with E-state index in [-0.39, 0.29) is 11.9 Å². The predicted molar refractivity (Wildman–Crippen MR) is 66.6 cm³/mol. The van der Waals surface area contributed by atoms with Crippen molar-refractivity contribution >= 4 is 16.7 Å². The van der Waals surface area contributed by atoms with Crippen LogP contribution in [0.1, 0.15) is 33.1 Å². The lowest BCUT2D eigenvalue weighted by Crippen LogP contribution is -2.44. The first-order valence-corrected chi connectivity index (χ1v) is 7.32. The van der Waals surface area contributed by atoms with E-state index in [0.717, 1.165) is 25.9 Å². The molecule has 0 radical (unpaired) electrons. The number of hydrogen-bond acceptors (Lipinski definition) is 3. The Hall–Kier alpha value is -0.420. The van der Waals surface area contributed by atoms with Crippen molar-refractivity contribution in [3.05, 3.63) is 0 Å². The molecular weight excluding hydrogens is 224 g/mol. The Morgan fingerprint density at radius 2 is 1.88 bits per heavy atom. The summed E-state index contributed by atoms with van der Waals surface area (Å²) >= 11 is 0. The predicted octanol–water partition coefficient (Wildman–Crippen LogP) is 0.483. The Kier molecular flexibility index (Phi) is 5.41. The molecule has 1 aliphatic rings. The molecule has 4 nitrogen and oxygen atoms in total. The van der Waals surface area contributed by atoms with E-state index in [1.54, 1.807) is 6.92 Å². The summed E-state index contributed by atoms with van der Waals surface area (Å²) in [6.45, 7) is 5.20. The maximum atomic E-state index is 12.0. The highest BCUT2D eigenvalue weighted by Crippen LogP contribution is 2.12. The van der Waals surface area contributed by atoms with Gasteiger partial charge in [0, 0.05) is 35.7 Å². The molecule has 94 valence electrons. The molecule has 2 N–H and O–H groups in total. The molecule has 0 saturated carbocycles. The molecule has 0 aromatic rings. The van der Waals surface area contributed by atoms with Crippen molar-refractivity contribution in [2.24, 2.45) is 5.73 Å². The molecule has 1 heterocycles. The highest BCUT2D eigenvalue weighted by molar-refractivity contribution is 7.86. The van der Waals surface area contributed by atoms with Gasteiger partial charge in [-0.25, -0.2) is 0 Å². The minimum absolute atomic E-state index is 0.0266. The summed E-state index contributed by atoms with van der Waals surface area (Å²) in [5, 5.41) is -0.413. The minimum atomic E-state index is -1.14. The first kappa shape index (κ1) is 13.6. The van der Waals surface area contributed by atoms with Gasteiger partial charge in [0.2, 0.25) is 5.91 Å². The second-order valence-electron chi connectivity index (χ2n) is 4.55. The molecule has 0 aromatic carbocycles. The van der Waals surface area contributed by atoms with Crippen molar-refractivity contribution in [1.82, 2.24) is 4.90 Å². The summed E-state index contributed by atoms with van der Waals surface area (Å²) in [5.74, 6) is 0.430. The lowest BCUT2D eigenvalue weighted by Gasteiger charge is -2.29. The van der Waals surface area contributed by atoms with Gasteiger partial charge in [0.15, 0.2) is 0 Å². The molecule has 1 amide bonds. The van der Waals surface area contributed by atoms with Crippen LogP contribution in [-0.2, 0) is 15.6 Å². The Morgan fingerprint density at radius 3 is 2.38 bits per heavy atom. The smallest absolute Gasteiger partial charge is 0.238 e. The number of piperidine rings is 1. The van der Waals surface area contributed by atoms with Crippen molar-refractivity contribution in [3.63, 3.8) is 0 Å². The first-order valence-electron chi connectivity index (χ1n) is 5.94. The summed E-state index contributed by atoms with van der Waals surface area (Å²) in [6, 6.07) is -0.113. The molecule has 1 saturated heterocycles. The zero-order chi connectivity index (χ0) is 12.1. The molecule has 0 aromatic heterocycles. The minimum Gasteiger partial charge on any atom is -0.342 e. The lowest BCUT2D eigenvalue weighted by molar-refractivity contribution is -0.131. The van der Waals surface area contributed by atoms with Crippen LogP contribution in [0.4, 0.5) is 0 Å². The third-order valence-corrected chi connectivity index (χ3v) is 4.68. The van der Waals surface area contributed by atoms with Gasteiger partial charge >= 0.3 is 0 Å². The number of nitrogens with two attached hydrogens (primary N) is 1. The fourth-order valence-corrected chi connectivity index (χ4v) is 3.07. The fourth-order valence-electron chi connectivity index (χ4n) is 1.89. The second kappa shape index (κ2) is 6.35. The van der Waals surface area contributed by atoms with Crippen LogP contribution in [0.5, 0.6) is 0 Å². The van der Waals surface area contributed by atoms with Gasteiger partial charge in [0.25, 0.3) is 0 Å². The molecule has 5 heteroatoms. The van der Waals surface area contributed by atoms with Crippen LogP contribution in [0.15, 0.2) is 0 Å². The van der Waals surface area contributed by atoms with Gasteiger partial charge in [0.05, 0.1) is 0 Å². The van der Waals surface area contributed by atoms with E-state index >= 15 is 0 Å². The van der Waals surface area contributed by atoms with Crippen LogP contribution in [0, 0.1) is 0 Å². The number of rotatable bonds is 4. The van der Waals surface area contributed by atoms with Gasteiger partial charge in [-0.3, -0.25) is 9.00 Å². The molecule has 3 unspecified atom stereocenters. The quantitative estimate of drug-likeness (QED) is 0.785. The molecule has 0 bridgehead atoms. The summed E-state index contributed by atoms with van der Waals surface area (Å²) in [7, 11) is -1.14. The average molecular weight is 246 g/mol. The van der Waals surface area contributed by atoms with Crippen molar-refractivity contribution < 1.29 is 9.00 Å². The van der Waals surface area contributed by atoms with Crippen LogP contribution in [0.3, 0.4) is 0 Å². The Morgan fingerprint density at radius 1 is 1.31 bits per heavy atom. The lowest BCUT2D eigenvalue weighted by atomic mass is 10.1. The van der Waals surface area contributed by atoms with E-state index in [2.05, 4.69) is 0 Å². The van der Waals surface area contributed by atoms with E-state index in [1.807, 2.05) is 11.8 Å². The number of hydrogen-bond donors (Lipinski definition) is 1. The Bertz CT molecular complexity index is 263. The third-order valence-electron chi connectivity index (χ3n) is 2.84. The van der Waals surface area contributed by atoms with Crippen LogP contribution >= 0.6 is 0 Å². The van der Waals surface area contributed by atoms with E-state index < -0.39 is 16.0 Å². The van der Waals surface area contributed by atoms with Crippen molar-refractivity contribution in [1.29, 1.82) is 0 Å². The third kappa shape index (κ3) is 3.87. The number of carbonyl (C=O) groups excluding carboxylic acids is 1. The highest BCUT2D eigenvalue weighted by atomic mass is 32.2. The van der Waals surface area contributed by atoms with Gasteiger partial charge in [-0.1, -0.05) is 0 Å². The number of carbonyl (C=O) groups is 1. The van der Waals surface area contributed by atoms with E-state index in [0.29, 0.717) is 5.75 Å². The van der Waals surface area contributed by atoms with E-state index in [4.69, 9.17) is 5.73 Å². The van der Waals surface area contributed by atoms with Crippen molar-refractivity contribution in [2.45, 2.75) is 44.4 Å². The summed E-state index contributed by atoms with van der Waals surface area (Å²) < 4.78 is 11.8. The maximum absolute atomic E-state index is 12.0. The average Bonchev–Trinajstić information content (AvgIpc) is 2.27. The molecule has 3 atom stereocenters. The van der Waals surface area contributed by atoms with Crippen LogP contribution in [-0.4, -0.2) is 45.2 Å². The van der Waals surface area contributed by atoms with Gasteiger partial charge in [-0.15, -0.1) is 0 Å². The summed E-state index contributed by atoms with van der Waals surface area (Å²) in [4.78, 5) is 13.9. The number of nitrogens with zero attached hydrogens (tertiary/aromatic N) is 1. The highest BCUT2D eigenvalue weighted by Gasteiger charge is 2.26. The van der Waals surface area contributed by atoms with Crippen molar-refractivity contribution in [3.8, 4) is 0 Å². The monoisotopic (exact) mass is 246 g/mol. The largest absolute Gasteiger partial charge is 0.342 e. The Balaban J connectivity index is 2.48. The van der Waals surface area contributed by atoms with Gasteiger partial charge in [0.1, 0.15) is 5.25 Å². The molecule has 0 aliphatic carbocycles. The molecule has 1 fully saturated rings. The zero-order valence-corrected chi connectivity index (χ0v) is 11.0. The van der Waals surface area contributed by atoms with Gasteiger partial charge < -0.3 is 10.6 Å². The SMILES string of the molecule is CC(N)CS(=O)C(C)C(=O)N1CCCCC1. The van der Waals surface area contributed by atoms with Gasteiger partial charge in [-0.05, 0) is 33.1 Å². The second-order valence-corrected chi connectivity index (χ2v) is 6.35. The Labute approximate surface area is 100 Å². The first-order chi connectivity index (χ1) is 7.52. The van der Waals surface area contributed by atoms with Crippen LogP contribution in [0.25, 0.3) is 0 Å². The molecule has 16 heavy (non-hydrogen) atoms. The molecule has 1 rings (SSSR count). The number of amides is 1. The molecule has 0 spiro atoms. The fraction of sp³-hybridized carbons (Fsp3) is 0.909. The van der Waals surface area contributed by atoms with Crippen molar-refractivity contribution in [2.75, 3.05) is 18.8 Å².